The van der Waals surface area contributed by atoms with Crippen molar-refractivity contribution in [1.29, 1.82) is 0 Å². The van der Waals surface area contributed by atoms with Crippen LogP contribution in [-0.4, -0.2) is 12.6 Å². The van der Waals surface area contributed by atoms with E-state index in [1.165, 1.54) is 0 Å². The van der Waals surface area contributed by atoms with Crippen LogP contribution in [0, 0.1) is 12.3 Å². The van der Waals surface area contributed by atoms with Gasteiger partial charge >= 0.3 is 0 Å². The van der Waals surface area contributed by atoms with Gasteiger partial charge in [0, 0.05) is 0 Å². The number of terminal acetylenes is 1. The van der Waals surface area contributed by atoms with E-state index < -0.39 is 0 Å². The van der Waals surface area contributed by atoms with Crippen molar-refractivity contribution in [2.24, 2.45) is 0 Å². The molecule has 0 rings (SSSR count). The molecule has 46 valence electrons. The lowest BCUT2D eigenvalue weighted by atomic mass is 10.2. The van der Waals surface area contributed by atoms with Gasteiger partial charge in [-0.3, -0.25) is 0 Å². The summed E-state index contributed by atoms with van der Waals surface area (Å²) in [6, 6.07) is 0.278. The van der Waals surface area contributed by atoms with Gasteiger partial charge in [0.05, 0.1) is 6.04 Å². The topological polar surface area (TPSA) is 12.0 Å². The molecule has 0 spiro atoms. The number of hydrogen-bond donors (Lipinski definition) is 1. The van der Waals surface area contributed by atoms with Crippen molar-refractivity contribution in [3.63, 3.8) is 0 Å². The summed E-state index contributed by atoms with van der Waals surface area (Å²) in [5, 5.41) is 3.15. The van der Waals surface area contributed by atoms with Crippen LogP contribution in [0.1, 0.15) is 20.3 Å². The van der Waals surface area contributed by atoms with E-state index in [0.29, 0.717) is 0 Å². The second-order valence-corrected chi connectivity index (χ2v) is 1.69. The summed E-state index contributed by atoms with van der Waals surface area (Å²) < 4.78 is 0. The highest BCUT2D eigenvalue weighted by Gasteiger charge is 1.94. The number of nitrogens with one attached hydrogen (secondary N) is 1. The molecule has 0 aromatic rings. The Bertz CT molecular complexity index is 80.9. The molecule has 0 amide bonds. The van der Waals surface area contributed by atoms with E-state index in [2.05, 4.69) is 25.1 Å². The van der Waals surface area contributed by atoms with Gasteiger partial charge in [-0.1, -0.05) is 19.8 Å². The summed E-state index contributed by atoms with van der Waals surface area (Å²) in [5.74, 6) is 2.64. The zero-order chi connectivity index (χ0) is 6.41. The van der Waals surface area contributed by atoms with Gasteiger partial charge in [-0.05, 0) is 13.0 Å². The second kappa shape index (κ2) is 4.67. The van der Waals surface area contributed by atoms with Crippen molar-refractivity contribution >= 4 is 0 Å². The molecular weight excluding hydrogens is 98.1 g/mol. The third kappa shape index (κ3) is 2.65. The largest absolute Gasteiger partial charge is 0.304 e. The Labute approximate surface area is 51.5 Å². The fourth-order valence-electron chi connectivity index (χ4n) is 0.568. The first-order chi connectivity index (χ1) is 3.85. The molecule has 1 nitrogen and oxygen atoms in total. The lowest BCUT2D eigenvalue weighted by molar-refractivity contribution is 0.615. The fourth-order valence-corrected chi connectivity index (χ4v) is 0.568. The molecule has 1 atom stereocenters. The smallest absolute Gasteiger partial charge is 0.0684 e. The molecule has 0 aromatic carbocycles. The van der Waals surface area contributed by atoms with Crippen LogP contribution in [0.4, 0.5) is 0 Å². The average molecular weight is 111 g/mol. The maximum Gasteiger partial charge on any atom is 0.0684 e. The predicted molar refractivity (Wildman–Crippen MR) is 36.6 cm³/mol. The van der Waals surface area contributed by atoms with E-state index in [-0.39, 0.29) is 6.04 Å². The zero-order valence-electron chi connectivity index (χ0n) is 5.57. The highest BCUT2D eigenvalue weighted by molar-refractivity contribution is 4.97. The Kier molecular flexibility index (Phi) is 4.39. The van der Waals surface area contributed by atoms with Crippen LogP contribution < -0.4 is 5.32 Å². The number of rotatable bonds is 3. The molecular formula is C7H13N. The van der Waals surface area contributed by atoms with E-state index in [9.17, 15) is 0 Å². The van der Waals surface area contributed by atoms with Crippen molar-refractivity contribution in [3.8, 4) is 12.3 Å². The van der Waals surface area contributed by atoms with Gasteiger partial charge in [0.1, 0.15) is 0 Å². The summed E-state index contributed by atoms with van der Waals surface area (Å²) in [7, 11) is 0. The highest BCUT2D eigenvalue weighted by atomic mass is 14.9. The predicted octanol–water partition coefficient (Wildman–Crippen LogP) is 1.01. The minimum atomic E-state index is 0.278. The van der Waals surface area contributed by atoms with E-state index in [0.717, 1.165) is 13.0 Å². The summed E-state index contributed by atoms with van der Waals surface area (Å²) in [4.78, 5) is 0. The third-order valence-electron chi connectivity index (χ3n) is 1.06. The van der Waals surface area contributed by atoms with Crippen molar-refractivity contribution in [2.75, 3.05) is 6.54 Å². The maximum atomic E-state index is 5.16. The van der Waals surface area contributed by atoms with Gasteiger partial charge in [0.2, 0.25) is 0 Å². The van der Waals surface area contributed by atoms with Crippen LogP contribution in [0.25, 0.3) is 0 Å². The van der Waals surface area contributed by atoms with Gasteiger partial charge in [0.15, 0.2) is 0 Å². The molecule has 0 bridgehead atoms. The van der Waals surface area contributed by atoms with Crippen LogP contribution in [-0.2, 0) is 0 Å². The molecule has 0 aromatic heterocycles. The second-order valence-electron chi connectivity index (χ2n) is 1.69. The fraction of sp³-hybridized carbons (Fsp3) is 0.714. The Morgan fingerprint density at radius 2 is 2.25 bits per heavy atom. The quantitative estimate of drug-likeness (QED) is 0.536. The summed E-state index contributed by atoms with van der Waals surface area (Å²) in [6.45, 7) is 5.09. The minimum Gasteiger partial charge on any atom is -0.304 e. The van der Waals surface area contributed by atoms with Crippen molar-refractivity contribution in [1.82, 2.24) is 5.32 Å². The standard InChI is InChI=1S/C7H13N/c1-4-7(5-2)8-6-3/h1,7-8H,5-6H2,2-3H3. The molecule has 0 radical (unpaired) electrons. The zero-order valence-corrected chi connectivity index (χ0v) is 5.57. The molecule has 8 heavy (non-hydrogen) atoms. The monoisotopic (exact) mass is 111 g/mol. The summed E-state index contributed by atoms with van der Waals surface area (Å²) in [5.41, 5.74) is 0. The van der Waals surface area contributed by atoms with Gasteiger partial charge in [-0.15, -0.1) is 6.42 Å². The molecule has 0 saturated carbocycles. The van der Waals surface area contributed by atoms with Gasteiger partial charge in [-0.2, -0.15) is 0 Å². The van der Waals surface area contributed by atoms with Crippen molar-refractivity contribution in [3.05, 3.63) is 0 Å². The van der Waals surface area contributed by atoms with E-state index >= 15 is 0 Å². The van der Waals surface area contributed by atoms with Gasteiger partial charge < -0.3 is 5.32 Å². The minimum absolute atomic E-state index is 0.278. The molecule has 1 unspecified atom stereocenters. The highest BCUT2D eigenvalue weighted by Crippen LogP contribution is 1.84. The molecule has 1 heteroatoms. The molecule has 1 N–H and O–H groups in total. The van der Waals surface area contributed by atoms with E-state index in [4.69, 9.17) is 6.42 Å². The Morgan fingerprint density at radius 1 is 1.62 bits per heavy atom. The molecule has 0 heterocycles. The molecule has 0 saturated heterocycles. The van der Waals surface area contributed by atoms with Crippen LogP contribution in [0.5, 0.6) is 0 Å². The van der Waals surface area contributed by atoms with Gasteiger partial charge in [-0.25, -0.2) is 0 Å². The first kappa shape index (κ1) is 7.52. The Hall–Kier alpha value is -0.480. The molecule has 0 aliphatic carbocycles. The summed E-state index contributed by atoms with van der Waals surface area (Å²) >= 11 is 0. The summed E-state index contributed by atoms with van der Waals surface area (Å²) in [6.07, 6.45) is 6.18. The maximum absolute atomic E-state index is 5.16. The lowest BCUT2D eigenvalue weighted by Crippen LogP contribution is -2.25. The molecule has 0 aliphatic heterocycles. The normalized spacial score (nSPS) is 12.6. The van der Waals surface area contributed by atoms with E-state index in [1.807, 2.05) is 0 Å². The number of hydrogen-bond acceptors (Lipinski definition) is 1. The van der Waals surface area contributed by atoms with Crippen molar-refractivity contribution < 1.29 is 0 Å². The van der Waals surface area contributed by atoms with Crippen LogP contribution in [0.2, 0.25) is 0 Å². The Morgan fingerprint density at radius 3 is 2.38 bits per heavy atom. The average Bonchev–Trinajstić information content (AvgIpc) is 1.83. The third-order valence-corrected chi connectivity index (χ3v) is 1.06. The molecule has 0 fully saturated rings. The van der Waals surface area contributed by atoms with Gasteiger partial charge in [0.25, 0.3) is 0 Å². The first-order valence-corrected chi connectivity index (χ1v) is 3.04. The first-order valence-electron chi connectivity index (χ1n) is 3.04. The van der Waals surface area contributed by atoms with Crippen LogP contribution in [0.3, 0.4) is 0 Å². The van der Waals surface area contributed by atoms with E-state index in [1.54, 1.807) is 0 Å². The van der Waals surface area contributed by atoms with Crippen LogP contribution in [0.15, 0.2) is 0 Å². The van der Waals surface area contributed by atoms with Crippen LogP contribution >= 0.6 is 0 Å². The Balaban J connectivity index is 3.26. The SMILES string of the molecule is C#CC(CC)NCC. The van der Waals surface area contributed by atoms with Crippen molar-refractivity contribution in [2.45, 2.75) is 26.3 Å². The molecule has 0 aliphatic rings. The lowest BCUT2D eigenvalue weighted by Gasteiger charge is -2.05.